The maximum absolute atomic E-state index is 12.4. The Morgan fingerprint density at radius 3 is 2.35 bits per heavy atom. The molecule has 1 amide bonds. The van der Waals surface area contributed by atoms with Crippen molar-refractivity contribution < 1.29 is 24.2 Å². The van der Waals surface area contributed by atoms with E-state index in [1.807, 2.05) is 0 Å². The number of carboxylic acid groups (broad SMARTS) is 1. The standard InChI is InChI=1S/C17H25NO5/c1-13(2)8-10-23-15-6-4-14(5-7-15)17(21)18(9-11-22-3)12-16(19)20/h4-7,13H,8-12H2,1-3H3,(H,19,20). The number of carbonyl (C=O) groups excluding carboxylic acids is 1. The summed E-state index contributed by atoms with van der Waals surface area (Å²) in [5, 5.41) is 8.91. The van der Waals surface area contributed by atoms with Crippen molar-refractivity contribution in [2.75, 3.05) is 33.4 Å². The molecule has 0 bridgehead atoms. The Bertz CT molecular complexity index is 498. The van der Waals surface area contributed by atoms with Crippen LogP contribution < -0.4 is 4.74 Å². The van der Waals surface area contributed by atoms with Gasteiger partial charge in [-0.2, -0.15) is 0 Å². The smallest absolute Gasteiger partial charge is 0.323 e. The fourth-order valence-electron chi connectivity index (χ4n) is 1.91. The fourth-order valence-corrected chi connectivity index (χ4v) is 1.91. The molecule has 1 N–H and O–H groups in total. The highest BCUT2D eigenvalue weighted by Gasteiger charge is 2.18. The van der Waals surface area contributed by atoms with Crippen molar-refractivity contribution in [2.24, 2.45) is 5.92 Å². The second kappa shape index (κ2) is 9.84. The quantitative estimate of drug-likeness (QED) is 0.715. The highest BCUT2D eigenvalue weighted by atomic mass is 16.5. The molecule has 0 heterocycles. The molecule has 0 saturated heterocycles. The maximum Gasteiger partial charge on any atom is 0.323 e. The van der Waals surface area contributed by atoms with Crippen LogP contribution in [-0.2, 0) is 9.53 Å². The van der Waals surface area contributed by atoms with Gasteiger partial charge in [-0.3, -0.25) is 9.59 Å². The van der Waals surface area contributed by atoms with Crippen molar-refractivity contribution in [3.63, 3.8) is 0 Å². The molecule has 0 radical (unpaired) electrons. The van der Waals surface area contributed by atoms with Crippen molar-refractivity contribution >= 4 is 11.9 Å². The summed E-state index contributed by atoms with van der Waals surface area (Å²) in [5.74, 6) is -0.119. The number of carbonyl (C=O) groups is 2. The lowest BCUT2D eigenvalue weighted by atomic mass is 10.1. The van der Waals surface area contributed by atoms with Gasteiger partial charge in [-0.1, -0.05) is 13.8 Å². The zero-order chi connectivity index (χ0) is 17.2. The van der Waals surface area contributed by atoms with E-state index in [1.165, 1.54) is 12.0 Å². The third-order valence-electron chi connectivity index (χ3n) is 3.24. The fraction of sp³-hybridized carbons (Fsp3) is 0.529. The average Bonchev–Trinajstić information content (AvgIpc) is 2.50. The predicted molar refractivity (Wildman–Crippen MR) is 86.8 cm³/mol. The van der Waals surface area contributed by atoms with E-state index < -0.39 is 5.97 Å². The van der Waals surface area contributed by atoms with Gasteiger partial charge < -0.3 is 19.5 Å². The van der Waals surface area contributed by atoms with Crippen molar-refractivity contribution in [1.82, 2.24) is 4.90 Å². The summed E-state index contributed by atoms with van der Waals surface area (Å²) in [7, 11) is 1.51. The van der Waals surface area contributed by atoms with Gasteiger partial charge in [0.2, 0.25) is 0 Å². The van der Waals surface area contributed by atoms with Crippen molar-refractivity contribution in [2.45, 2.75) is 20.3 Å². The van der Waals surface area contributed by atoms with Crippen LogP contribution in [0.4, 0.5) is 0 Å². The van der Waals surface area contributed by atoms with Crippen molar-refractivity contribution in [3.8, 4) is 5.75 Å². The van der Waals surface area contributed by atoms with Crippen LogP contribution in [0.1, 0.15) is 30.6 Å². The third kappa shape index (κ3) is 7.15. The van der Waals surface area contributed by atoms with E-state index in [9.17, 15) is 9.59 Å². The number of carboxylic acids is 1. The lowest BCUT2D eigenvalue weighted by Gasteiger charge is -2.20. The van der Waals surface area contributed by atoms with Crippen LogP contribution in [0.5, 0.6) is 5.75 Å². The summed E-state index contributed by atoms with van der Waals surface area (Å²) in [6.07, 6.45) is 0.962. The molecule has 0 atom stereocenters. The first-order valence-corrected chi connectivity index (χ1v) is 7.67. The molecule has 0 fully saturated rings. The summed E-state index contributed by atoms with van der Waals surface area (Å²) in [6, 6.07) is 6.75. The van der Waals surface area contributed by atoms with E-state index in [0.717, 1.165) is 6.42 Å². The lowest BCUT2D eigenvalue weighted by molar-refractivity contribution is -0.137. The monoisotopic (exact) mass is 323 g/mol. The molecule has 23 heavy (non-hydrogen) atoms. The number of rotatable bonds is 10. The summed E-state index contributed by atoms with van der Waals surface area (Å²) in [6.45, 7) is 5.05. The molecule has 6 nitrogen and oxygen atoms in total. The second-order valence-corrected chi connectivity index (χ2v) is 5.67. The maximum atomic E-state index is 12.4. The van der Waals surface area contributed by atoms with Crippen LogP contribution in [0, 0.1) is 5.92 Å². The minimum Gasteiger partial charge on any atom is -0.494 e. The Morgan fingerprint density at radius 1 is 1.17 bits per heavy atom. The Hall–Kier alpha value is -2.08. The second-order valence-electron chi connectivity index (χ2n) is 5.67. The Kier molecular flexibility index (Phi) is 8.11. The molecule has 6 heteroatoms. The zero-order valence-corrected chi connectivity index (χ0v) is 13.9. The van der Waals surface area contributed by atoms with Gasteiger partial charge in [0, 0.05) is 19.2 Å². The van der Waals surface area contributed by atoms with E-state index in [2.05, 4.69) is 13.8 Å². The summed E-state index contributed by atoms with van der Waals surface area (Å²) < 4.78 is 10.5. The molecule has 0 aliphatic heterocycles. The van der Waals surface area contributed by atoms with Gasteiger partial charge in [0.25, 0.3) is 5.91 Å². The Morgan fingerprint density at radius 2 is 1.83 bits per heavy atom. The molecular weight excluding hydrogens is 298 g/mol. The number of benzene rings is 1. The summed E-state index contributed by atoms with van der Waals surface area (Å²) in [5.41, 5.74) is 0.429. The Balaban J connectivity index is 2.67. The van der Waals surface area contributed by atoms with Gasteiger partial charge in [0.1, 0.15) is 12.3 Å². The molecule has 1 aromatic rings. The molecular formula is C17H25NO5. The highest BCUT2D eigenvalue weighted by molar-refractivity contribution is 5.95. The van der Waals surface area contributed by atoms with Crippen LogP contribution >= 0.6 is 0 Å². The number of methoxy groups -OCH3 is 1. The summed E-state index contributed by atoms with van der Waals surface area (Å²) >= 11 is 0. The molecule has 0 aliphatic carbocycles. The van der Waals surface area contributed by atoms with Crippen LogP contribution in [0.15, 0.2) is 24.3 Å². The molecule has 0 saturated carbocycles. The number of aliphatic carboxylic acids is 1. The molecule has 0 aliphatic rings. The number of ether oxygens (including phenoxy) is 2. The Labute approximate surface area is 137 Å². The van der Waals surface area contributed by atoms with E-state index >= 15 is 0 Å². The summed E-state index contributed by atoms with van der Waals surface area (Å²) in [4.78, 5) is 24.5. The molecule has 128 valence electrons. The molecule has 0 spiro atoms. The average molecular weight is 323 g/mol. The zero-order valence-electron chi connectivity index (χ0n) is 13.9. The van der Waals surface area contributed by atoms with Crippen LogP contribution in [0.3, 0.4) is 0 Å². The molecule has 1 rings (SSSR count). The largest absolute Gasteiger partial charge is 0.494 e. The first-order valence-electron chi connectivity index (χ1n) is 7.67. The minimum absolute atomic E-state index is 0.230. The third-order valence-corrected chi connectivity index (χ3v) is 3.24. The minimum atomic E-state index is -1.05. The normalized spacial score (nSPS) is 10.6. The van der Waals surface area contributed by atoms with E-state index in [1.54, 1.807) is 24.3 Å². The van der Waals surface area contributed by atoms with Gasteiger partial charge in [-0.25, -0.2) is 0 Å². The number of nitrogens with zero attached hydrogens (tertiary/aromatic N) is 1. The van der Waals surface area contributed by atoms with Gasteiger partial charge in [-0.15, -0.1) is 0 Å². The van der Waals surface area contributed by atoms with E-state index in [4.69, 9.17) is 14.6 Å². The SMILES string of the molecule is COCCN(CC(=O)O)C(=O)c1ccc(OCCC(C)C)cc1. The van der Waals surface area contributed by atoms with Crippen molar-refractivity contribution in [3.05, 3.63) is 29.8 Å². The van der Waals surface area contributed by atoms with Crippen molar-refractivity contribution in [1.29, 1.82) is 0 Å². The van der Waals surface area contributed by atoms with Gasteiger partial charge in [0.15, 0.2) is 0 Å². The van der Waals surface area contributed by atoms with Gasteiger partial charge in [-0.05, 0) is 36.6 Å². The number of amides is 1. The topological polar surface area (TPSA) is 76.1 Å². The molecule has 0 aromatic heterocycles. The number of hydrogen-bond donors (Lipinski definition) is 1. The highest BCUT2D eigenvalue weighted by Crippen LogP contribution is 2.15. The van der Waals surface area contributed by atoms with E-state index in [0.29, 0.717) is 23.8 Å². The van der Waals surface area contributed by atoms with Crippen LogP contribution in [0.2, 0.25) is 0 Å². The first kappa shape index (κ1) is 19.0. The molecule has 1 aromatic carbocycles. The van der Waals surface area contributed by atoms with Crippen LogP contribution in [-0.4, -0.2) is 55.3 Å². The van der Waals surface area contributed by atoms with Gasteiger partial charge in [0.05, 0.1) is 13.2 Å². The number of hydrogen-bond acceptors (Lipinski definition) is 4. The molecule has 0 unspecified atom stereocenters. The van der Waals surface area contributed by atoms with Gasteiger partial charge >= 0.3 is 5.97 Å². The first-order chi connectivity index (χ1) is 10.9. The van der Waals surface area contributed by atoms with Crippen LogP contribution in [0.25, 0.3) is 0 Å². The van der Waals surface area contributed by atoms with E-state index in [-0.39, 0.29) is 25.6 Å². The lowest BCUT2D eigenvalue weighted by Crippen LogP contribution is -2.37. The predicted octanol–water partition coefficient (Wildman–Crippen LogP) is 2.28.